The molecule has 0 aromatic carbocycles. The molecule has 0 atom stereocenters. The van der Waals surface area contributed by atoms with Gasteiger partial charge in [0.1, 0.15) is 0 Å². The summed E-state index contributed by atoms with van der Waals surface area (Å²) in [6.45, 7) is 13.3. The Balaban J connectivity index is 3.51. The molecule has 2 N–H and O–H groups in total. The van der Waals surface area contributed by atoms with Crippen LogP contribution in [0.3, 0.4) is 0 Å². The summed E-state index contributed by atoms with van der Waals surface area (Å²) in [6.07, 6.45) is 11.0. The molecule has 0 bridgehead atoms. The second-order valence-corrected chi connectivity index (χ2v) is 10.2. The van der Waals surface area contributed by atoms with Gasteiger partial charge in [-0.15, -0.1) is 0 Å². The Hall–Kier alpha value is 0.0700. The van der Waals surface area contributed by atoms with Crippen LogP contribution in [0.25, 0.3) is 0 Å². The van der Waals surface area contributed by atoms with Crippen LogP contribution in [-0.2, 0) is 13.8 Å². The van der Waals surface area contributed by atoms with Crippen molar-refractivity contribution in [1.29, 1.82) is 0 Å². The van der Waals surface area contributed by atoms with E-state index in [1.807, 2.05) is 0 Å². The predicted molar refractivity (Wildman–Crippen MR) is 108 cm³/mol. The zero-order chi connectivity index (χ0) is 20.1. The number of phosphoric acid groups is 1. The third-order valence-corrected chi connectivity index (χ3v) is 5.77. The minimum absolute atomic E-state index is 0.129. The lowest BCUT2D eigenvalue weighted by molar-refractivity contribution is 0.119. The first kappa shape index (κ1) is 26.1. The second kappa shape index (κ2) is 13.3. The molecule has 0 unspecified atom stereocenters. The molecule has 0 saturated carbocycles. The van der Waals surface area contributed by atoms with E-state index in [1.54, 1.807) is 0 Å². The van der Waals surface area contributed by atoms with Crippen molar-refractivity contribution >= 4 is 7.82 Å². The summed E-state index contributed by atoms with van der Waals surface area (Å²) >= 11 is 0. The van der Waals surface area contributed by atoms with Gasteiger partial charge >= 0.3 is 7.82 Å². The van der Waals surface area contributed by atoms with Crippen molar-refractivity contribution in [3.8, 4) is 0 Å². The molecule has 0 fully saturated rings. The number of ether oxygens (including phenoxy) is 1. The second-order valence-electron chi connectivity index (χ2n) is 8.99. The maximum Gasteiger partial charge on any atom is 0.469 e. The van der Waals surface area contributed by atoms with E-state index in [1.165, 1.54) is 19.3 Å². The molecule has 158 valence electrons. The van der Waals surface area contributed by atoms with E-state index in [4.69, 9.17) is 14.5 Å². The fraction of sp³-hybridized carbons (Fsp3) is 1.00. The highest BCUT2D eigenvalue weighted by Gasteiger charge is 2.18. The normalized spacial score (nSPS) is 13.3. The Bertz CT molecular complexity index is 390. The predicted octanol–water partition coefficient (Wildman–Crippen LogP) is 6.09. The van der Waals surface area contributed by atoms with Gasteiger partial charge in [-0.3, -0.25) is 4.52 Å². The Morgan fingerprint density at radius 3 is 1.58 bits per heavy atom. The van der Waals surface area contributed by atoms with E-state index >= 15 is 0 Å². The molecule has 6 heteroatoms. The van der Waals surface area contributed by atoms with Crippen LogP contribution < -0.4 is 0 Å². The van der Waals surface area contributed by atoms with E-state index in [9.17, 15) is 4.57 Å². The zero-order valence-electron chi connectivity index (χ0n) is 17.8. The van der Waals surface area contributed by atoms with Gasteiger partial charge in [0.15, 0.2) is 0 Å². The summed E-state index contributed by atoms with van der Waals surface area (Å²) in [5, 5.41) is 0. The Kier molecular flexibility index (Phi) is 13.3. The number of hydrogen-bond donors (Lipinski definition) is 2. The first-order chi connectivity index (χ1) is 12.0. The van der Waals surface area contributed by atoms with E-state index in [-0.39, 0.29) is 12.0 Å². The first-order valence-corrected chi connectivity index (χ1v) is 11.8. The third kappa shape index (κ3) is 17.5. The summed E-state index contributed by atoms with van der Waals surface area (Å²) in [5.41, 5.74) is 0.724. The molecule has 0 aliphatic carbocycles. The van der Waals surface area contributed by atoms with Crippen LogP contribution in [0.5, 0.6) is 0 Å². The SMILES string of the molecule is CCC(C)(C)CCCCOCCCCC(C)(C)CCCCOP(=O)(O)O. The van der Waals surface area contributed by atoms with E-state index in [2.05, 4.69) is 39.1 Å². The Morgan fingerprint density at radius 2 is 1.15 bits per heavy atom. The molecule has 0 rings (SSSR count). The number of rotatable bonds is 17. The molecule has 0 aliphatic rings. The molecule has 0 aromatic heterocycles. The molecule has 0 spiro atoms. The minimum Gasteiger partial charge on any atom is -0.381 e. The molecule has 0 aromatic rings. The highest BCUT2D eigenvalue weighted by molar-refractivity contribution is 7.46. The van der Waals surface area contributed by atoms with Crippen LogP contribution in [0.15, 0.2) is 0 Å². The van der Waals surface area contributed by atoms with Crippen LogP contribution in [0, 0.1) is 10.8 Å². The highest BCUT2D eigenvalue weighted by atomic mass is 31.2. The van der Waals surface area contributed by atoms with Gasteiger partial charge < -0.3 is 14.5 Å². The van der Waals surface area contributed by atoms with Crippen LogP contribution in [0.2, 0.25) is 0 Å². The maximum atomic E-state index is 10.6. The van der Waals surface area contributed by atoms with Gasteiger partial charge in [0, 0.05) is 13.2 Å². The Labute approximate surface area is 161 Å². The molecule has 26 heavy (non-hydrogen) atoms. The van der Waals surface area contributed by atoms with E-state index < -0.39 is 7.82 Å². The van der Waals surface area contributed by atoms with Crippen molar-refractivity contribution < 1.29 is 23.6 Å². The molecular weight excluding hydrogens is 351 g/mol. The molecule has 0 radical (unpaired) electrons. The first-order valence-electron chi connectivity index (χ1n) is 10.3. The van der Waals surface area contributed by atoms with Crippen LogP contribution in [0.4, 0.5) is 0 Å². The van der Waals surface area contributed by atoms with Crippen molar-refractivity contribution in [3.05, 3.63) is 0 Å². The largest absolute Gasteiger partial charge is 0.469 e. The van der Waals surface area contributed by atoms with E-state index in [0.29, 0.717) is 11.8 Å². The summed E-state index contributed by atoms with van der Waals surface area (Å²) in [4.78, 5) is 17.3. The lowest BCUT2D eigenvalue weighted by atomic mass is 9.82. The number of hydrogen-bond acceptors (Lipinski definition) is 3. The number of unbranched alkanes of at least 4 members (excludes halogenated alkanes) is 3. The molecular formula is C20H43O5P. The topological polar surface area (TPSA) is 76.0 Å². The van der Waals surface area contributed by atoms with Crippen molar-refractivity contribution in [1.82, 2.24) is 0 Å². The van der Waals surface area contributed by atoms with Crippen molar-refractivity contribution in [3.63, 3.8) is 0 Å². The molecule has 0 saturated heterocycles. The van der Waals surface area contributed by atoms with Gasteiger partial charge in [-0.1, -0.05) is 60.3 Å². The van der Waals surface area contributed by atoms with Gasteiger partial charge in [-0.05, 0) is 49.4 Å². The average Bonchev–Trinajstić information content (AvgIpc) is 2.51. The summed E-state index contributed by atoms with van der Waals surface area (Å²) in [6, 6.07) is 0. The standard InChI is InChI=1S/C20H43O5P/c1-6-19(2,3)13-7-10-16-24-17-11-8-14-20(4,5)15-9-12-18-25-26(21,22)23/h6-18H2,1-5H3,(H2,21,22,23). The summed E-state index contributed by atoms with van der Waals surface area (Å²) in [7, 11) is -4.31. The van der Waals surface area contributed by atoms with Gasteiger partial charge in [0.2, 0.25) is 0 Å². The lowest BCUT2D eigenvalue weighted by Crippen LogP contribution is -2.12. The zero-order valence-corrected chi connectivity index (χ0v) is 18.7. The average molecular weight is 395 g/mol. The van der Waals surface area contributed by atoms with Gasteiger partial charge in [-0.2, -0.15) is 0 Å². The van der Waals surface area contributed by atoms with Gasteiger partial charge in [0.25, 0.3) is 0 Å². The van der Waals surface area contributed by atoms with Crippen molar-refractivity contribution in [2.45, 2.75) is 98.8 Å². The van der Waals surface area contributed by atoms with Crippen molar-refractivity contribution in [2.75, 3.05) is 19.8 Å². The number of phosphoric ester groups is 1. The third-order valence-electron chi connectivity index (χ3n) is 5.25. The molecule has 0 amide bonds. The lowest BCUT2D eigenvalue weighted by Gasteiger charge is -2.24. The monoisotopic (exact) mass is 394 g/mol. The van der Waals surface area contributed by atoms with Crippen LogP contribution in [0.1, 0.15) is 98.8 Å². The van der Waals surface area contributed by atoms with Crippen molar-refractivity contribution in [2.24, 2.45) is 10.8 Å². The molecule has 0 heterocycles. The smallest absolute Gasteiger partial charge is 0.381 e. The summed E-state index contributed by atoms with van der Waals surface area (Å²) < 4.78 is 20.8. The minimum atomic E-state index is -4.31. The summed E-state index contributed by atoms with van der Waals surface area (Å²) in [5.74, 6) is 0. The maximum absolute atomic E-state index is 10.6. The fourth-order valence-electron chi connectivity index (χ4n) is 2.91. The highest BCUT2D eigenvalue weighted by Crippen LogP contribution is 2.36. The van der Waals surface area contributed by atoms with Crippen LogP contribution in [-0.4, -0.2) is 29.6 Å². The quantitative estimate of drug-likeness (QED) is 0.231. The van der Waals surface area contributed by atoms with Gasteiger partial charge in [-0.25, -0.2) is 4.57 Å². The van der Waals surface area contributed by atoms with Crippen LogP contribution >= 0.6 is 7.82 Å². The molecule has 5 nitrogen and oxygen atoms in total. The van der Waals surface area contributed by atoms with Gasteiger partial charge in [0.05, 0.1) is 6.61 Å². The van der Waals surface area contributed by atoms with E-state index in [0.717, 1.165) is 51.7 Å². The molecule has 0 aliphatic heterocycles. The fourth-order valence-corrected chi connectivity index (χ4v) is 3.28. The Morgan fingerprint density at radius 1 is 0.731 bits per heavy atom.